The van der Waals surface area contributed by atoms with E-state index in [1.807, 2.05) is 36.5 Å². The fourth-order valence-corrected chi connectivity index (χ4v) is 4.24. The highest BCUT2D eigenvalue weighted by atomic mass is 33.1. The molecule has 2 aliphatic heterocycles. The van der Waals surface area contributed by atoms with Gasteiger partial charge in [-0.15, -0.1) is 0 Å². The standard InChI is InChI=1S/C12H16N2O2S2/c15-9-11(5-1-3-7-13-11)17-18-12(10-16)6-2-4-8-14-12/h1-8,13-16H,9-10H2. The van der Waals surface area contributed by atoms with Gasteiger partial charge in [0.15, 0.2) is 0 Å². The molecule has 0 aromatic carbocycles. The van der Waals surface area contributed by atoms with E-state index in [-0.39, 0.29) is 13.2 Å². The summed E-state index contributed by atoms with van der Waals surface area (Å²) in [5.41, 5.74) is 0. The third-order valence-electron chi connectivity index (χ3n) is 2.61. The summed E-state index contributed by atoms with van der Waals surface area (Å²) >= 11 is 0. The summed E-state index contributed by atoms with van der Waals surface area (Å²) in [7, 11) is 2.97. The van der Waals surface area contributed by atoms with Crippen LogP contribution >= 0.6 is 21.6 Å². The first-order chi connectivity index (χ1) is 8.74. The summed E-state index contributed by atoms with van der Waals surface area (Å²) in [5.74, 6) is 0. The van der Waals surface area contributed by atoms with Gasteiger partial charge in [0, 0.05) is 0 Å². The predicted octanol–water partition coefficient (Wildman–Crippen LogP) is 1.09. The van der Waals surface area contributed by atoms with E-state index < -0.39 is 9.74 Å². The Hall–Kier alpha value is -0.820. The highest BCUT2D eigenvalue weighted by Crippen LogP contribution is 2.43. The van der Waals surface area contributed by atoms with Crippen LogP contribution in [0, 0.1) is 0 Å². The second-order valence-electron chi connectivity index (χ2n) is 3.99. The Bertz CT molecular complexity index is 371. The first kappa shape index (κ1) is 13.6. The van der Waals surface area contributed by atoms with Crippen molar-refractivity contribution >= 4 is 21.6 Å². The lowest BCUT2D eigenvalue weighted by Crippen LogP contribution is -2.45. The van der Waals surface area contributed by atoms with Gasteiger partial charge < -0.3 is 20.8 Å². The van der Waals surface area contributed by atoms with Crippen molar-refractivity contribution in [2.24, 2.45) is 0 Å². The van der Waals surface area contributed by atoms with Crippen molar-refractivity contribution in [3.8, 4) is 0 Å². The Kier molecular flexibility index (Phi) is 4.45. The number of allylic oxidation sites excluding steroid dienone is 4. The van der Waals surface area contributed by atoms with Crippen LogP contribution in [0.25, 0.3) is 0 Å². The molecule has 2 heterocycles. The first-order valence-electron chi connectivity index (χ1n) is 5.57. The summed E-state index contributed by atoms with van der Waals surface area (Å²) in [5, 5.41) is 25.3. The second kappa shape index (κ2) is 5.88. The molecular weight excluding hydrogens is 268 g/mol. The van der Waals surface area contributed by atoms with Crippen molar-refractivity contribution in [2.75, 3.05) is 13.2 Å². The van der Waals surface area contributed by atoms with E-state index in [4.69, 9.17) is 0 Å². The predicted molar refractivity (Wildman–Crippen MR) is 77.6 cm³/mol. The topological polar surface area (TPSA) is 64.5 Å². The molecule has 0 aromatic heterocycles. The maximum atomic E-state index is 9.53. The molecule has 2 unspecified atom stereocenters. The molecule has 98 valence electrons. The lowest BCUT2D eigenvalue weighted by atomic mass is 10.2. The highest BCUT2D eigenvalue weighted by molar-refractivity contribution is 8.77. The van der Waals surface area contributed by atoms with Gasteiger partial charge in [-0.25, -0.2) is 0 Å². The van der Waals surface area contributed by atoms with Crippen molar-refractivity contribution in [3.63, 3.8) is 0 Å². The summed E-state index contributed by atoms with van der Waals surface area (Å²) in [4.78, 5) is -1.09. The zero-order valence-electron chi connectivity index (χ0n) is 9.74. The summed E-state index contributed by atoms with van der Waals surface area (Å²) in [6.45, 7) is -0.0425. The molecule has 4 N–H and O–H groups in total. The van der Waals surface area contributed by atoms with Gasteiger partial charge in [-0.1, -0.05) is 33.7 Å². The minimum absolute atomic E-state index is 0.0213. The molecule has 0 amide bonds. The van der Waals surface area contributed by atoms with Crippen LogP contribution in [0.2, 0.25) is 0 Å². The van der Waals surface area contributed by atoms with E-state index >= 15 is 0 Å². The van der Waals surface area contributed by atoms with Crippen molar-refractivity contribution in [1.82, 2.24) is 10.6 Å². The van der Waals surface area contributed by atoms with Crippen LogP contribution in [0.1, 0.15) is 0 Å². The summed E-state index contributed by atoms with van der Waals surface area (Å²) in [6.07, 6.45) is 15.0. The number of dihydropyridines is 2. The van der Waals surface area contributed by atoms with Crippen LogP contribution in [-0.2, 0) is 0 Å². The molecule has 4 nitrogen and oxygen atoms in total. The average molecular weight is 284 g/mol. The fourth-order valence-electron chi connectivity index (χ4n) is 1.51. The van der Waals surface area contributed by atoms with Crippen LogP contribution in [0.3, 0.4) is 0 Å². The van der Waals surface area contributed by atoms with Crippen molar-refractivity contribution in [2.45, 2.75) is 9.74 Å². The van der Waals surface area contributed by atoms with Gasteiger partial charge in [-0.2, -0.15) is 0 Å². The Morgan fingerprint density at radius 3 is 1.50 bits per heavy atom. The highest BCUT2D eigenvalue weighted by Gasteiger charge is 2.34. The number of aliphatic hydroxyl groups excluding tert-OH is 2. The average Bonchev–Trinajstić information content (AvgIpc) is 2.47. The SMILES string of the molecule is OCC1(SSC2(CO)C=CC=CN2)C=CC=CN1. The lowest BCUT2D eigenvalue weighted by Gasteiger charge is -2.35. The van der Waals surface area contributed by atoms with Gasteiger partial charge in [-0.05, 0) is 36.7 Å². The zero-order valence-corrected chi connectivity index (χ0v) is 11.4. The smallest absolute Gasteiger partial charge is 0.136 e. The van der Waals surface area contributed by atoms with E-state index in [1.54, 1.807) is 12.4 Å². The molecule has 2 aliphatic rings. The van der Waals surface area contributed by atoms with E-state index in [1.165, 1.54) is 21.6 Å². The van der Waals surface area contributed by atoms with Crippen molar-refractivity contribution in [3.05, 3.63) is 48.9 Å². The molecule has 0 saturated heterocycles. The number of rotatable bonds is 5. The molecule has 0 spiro atoms. The Morgan fingerprint density at radius 2 is 1.22 bits per heavy atom. The largest absolute Gasteiger partial charge is 0.393 e. The fraction of sp³-hybridized carbons (Fsp3) is 0.333. The Morgan fingerprint density at radius 1 is 0.778 bits per heavy atom. The van der Waals surface area contributed by atoms with Gasteiger partial charge in [-0.3, -0.25) is 0 Å². The maximum Gasteiger partial charge on any atom is 0.136 e. The molecule has 0 aromatic rings. The maximum absolute atomic E-state index is 9.53. The quantitative estimate of drug-likeness (QED) is 0.567. The third-order valence-corrected chi connectivity index (χ3v) is 6.09. The molecule has 2 rings (SSSR count). The van der Waals surface area contributed by atoms with Crippen LogP contribution < -0.4 is 10.6 Å². The third kappa shape index (κ3) is 2.95. The molecular formula is C12H16N2O2S2. The van der Waals surface area contributed by atoms with E-state index in [0.29, 0.717) is 0 Å². The Labute approximate surface area is 114 Å². The second-order valence-corrected chi connectivity index (χ2v) is 6.78. The van der Waals surface area contributed by atoms with Crippen LogP contribution in [0.5, 0.6) is 0 Å². The summed E-state index contributed by atoms with van der Waals surface area (Å²) < 4.78 is 0. The summed E-state index contributed by atoms with van der Waals surface area (Å²) in [6, 6.07) is 0. The molecule has 18 heavy (non-hydrogen) atoms. The molecule has 6 heteroatoms. The van der Waals surface area contributed by atoms with Crippen LogP contribution in [0.15, 0.2) is 48.9 Å². The molecule has 0 bridgehead atoms. The van der Waals surface area contributed by atoms with Crippen molar-refractivity contribution in [1.29, 1.82) is 0 Å². The Balaban J connectivity index is 2.01. The zero-order chi connectivity index (χ0) is 12.9. The van der Waals surface area contributed by atoms with Gasteiger partial charge >= 0.3 is 0 Å². The lowest BCUT2D eigenvalue weighted by molar-refractivity contribution is 0.256. The van der Waals surface area contributed by atoms with Crippen molar-refractivity contribution < 1.29 is 10.2 Å². The molecule has 0 radical (unpaired) electrons. The van der Waals surface area contributed by atoms with E-state index in [2.05, 4.69) is 10.6 Å². The number of nitrogens with one attached hydrogen (secondary N) is 2. The van der Waals surface area contributed by atoms with Crippen LogP contribution in [0.4, 0.5) is 0 Å². The van der Waals surface area contributed by atoms with Crippen LogP contribution in [-0.4, -0.2) is 33.2 Å². The molecule has 0 saturated carbocycles. The monoisotopic (exact) mass is 284 g/mol. The number of hydrogen-bond acceptors (Lipinski definition) is 6. The normalized spacial score (nSPS) is 33.2. The van der Waals surface area contributed by atoms with Gasteiger partial charge in [0.05, 0.1) is 13.2 Å². The molecule has 2 atom stereocenters. The minimum Gasteiger partial charge on any atom is -0.393 e. The number of aliphatic hydroxyl groups is 2. The molecule has 0 aliphatic carbocycles. The minimum atomic E-state index is -0.543. The molecule has 0 fully saturated rings. The van der Waals surface area contributed by atoms with Gasteiger partial charge in [0.1, 0.15) is 9.74 Å². The van der Waals surface area contributed by atoms with E-state index in [9.17, 15) is 10.2 Å². The van der Waals surface area contributed by atoms with Gasteiger partial charge in [0.2, 0.25) is 0 Å². The number of hydrogen-bond donors (Lipinski definition) is 4. The van der Waals surface area contributed by atoms with Gasteiger partial charge in [0.25, 0.3) is 0 Å². The first-order valence-corrected chi connectivity index (χ1v) is 7.72. The van der Waals surface area contributed by atoms with E-state index in [0.717, 1.165) is 0 Å².